The van der Waals surface area contributed by atoms with E-state index in [9.17, 15) is 4.79 Å². The number of hydrogen-bond donors (Lipinski definition) is 3. The Morgan fingerprint density at radius 3 is 2.96 bits per heavy atom. The van der Waals surface area contributed by atoms with Crippen molar-refractivity contribution in [3.05, 3.63) is 30.0 Å². The maximum atomic E-state index is 12.3. The molecule has 1 aliphatic heterocycles. The van der Waals surface area contributed by atoms with Gasteiger partial charge in [0.2, 0.25) is 5.91 Å². The van der Waals surface area contributed by atoms with Crippen molar-refractivity contribution in [1.29, 1.82) is 0 Å². The first-order valence-corrected chi connectivity index (χ1v) is 8.22. The number of carbonyl (C=O) groups is 1. The number of amides is 1. The fourth-order valence-corrected chi connectivity index (χ4v) is 3.39. The Morgan fingerprint density at radius 2 is 2.22 bits per heavy atom. The number of anilines is 1. The zero-order valence-corrected chi connectivity index (χ0v) is 14.6. The number of benzene rings is 1. The van der Waals surface area contributed by atoms with Crippen LogP contribution in [0.3, 0.4) is 0 Å². The van der Waals surface area contributed by atoms with E-state index >= 15 is 0 Å². The molecule has 1 saturated heterocycles. The molecule has 1 aromatic carbocycles. The van der Waals surface area contributed by atoms with Gasteiger partial charge in [0.1, 0.15) is 0 Å². The number of hydrogen-bond acceptors (Lipinski definition) is 2. The summed E-state index contributed by atoms with van der Waals surface area (Å²) in [5.74, 6) is 1.16. The van der Waals surface area contributed by atoms with E-state index in [0.717, 1.165) is 35.4 Å². The summed E-state index contributed by atoms with van der Waals surface area (Å²) in [4.78, 5) is 15.6. The molecule has 4 nitrogen and oxygen atoms in total. The Balaban J connectivity index is 0.00000192. The highest BCUT2D eigenvalue weighted by Crippen LogP contribution is 2.24. The van der Waals surface area contributed by atoms with Gasteiger partial charge >= 0.3 is 0 Å². The summed E-state index contributed by atoms with van der Waals surface area (Å²) in [6.07, 6.45) is 3.05. The van der Waals surface area contributed by atoms with Gasteiger partial charge in [-0.2, -0.15) is 0 Å². The molecule has 0 aliphatic carbocycles. The Labute approximate surface area is 143 Å². The second kappa shape index (κ2) is 7.84. The Hall–Kier alpha value is -1.52. The number of rotatable bonds is 4. The standard InChI is InChI=1S/C18H25N3O.ClH/c1-12(14-4-3-7-19-11-14)8-18(22)21-16-5-6-17-15(10-16)9-13(2)20-17;/h5-6,9-10,12,14,19-20H,3-4,7-8,11H2,1-2H3,(H,21,22);1H. The van der Waals surface area contributed by atoms with Crippen molar-refractivity contribution in [3.8, 4) is 0 Å². The lowest BCUT2D eigenvalue weighted by Gasteiger charge is -2.28. The van der Waals surface area contributed by atoms with Crippen LogP contribution in [0.1, 0.15) is 31.9 Å². The van der Waals surface area contributed by atoms with Gasteiger partial charge in [-0.1, -0.05) is 6.92 Å². The topological polar surface area (TPSA) is 56.9 Å². The van der Waals surface area contributed by atoms with E-state index in [1.165, 1.54) is 12.8 Å². The fraction of sp³-hybridized carbons (Fsp3) is 0.500. The molecule has 2 unspecified atom stereocenters. The van der Waals surface area contributed by atoms with Crippen molar-refractivity contribution >= 4 is 34.9 Å². The smallest absolute Gasteiger partial charge is 0.224 e. The van der Waals surface area contributed by atoms with Crippen LogP contribution >= 0.6 is 12.4 Å². The maximum Gasteiger partial charge on any atom is 0.224 e. The van der Waals surface area contributed by atoms with Gasteiger partial charge in [-0.05, 0) is 69.0 Å². The molecule has 0 radical (unpaired) electrons. The minimum atomic E-state index is 0. The number of aromatic nitrogens is 1. The summed E-state index contributed by atoms with van der Waals surface area (Å²) in [5.41, 5.74) is 3.12. The van der Waals surface area contributed by atoms with E-state index < -0.39 is 0 Å². The molecule has 0 spiro atoms. The number of H-pyrrole nitrogens is 1. The highest BCUT2D eigenvalue weighted by Gasteiger charge is 2.22. The number of fused-ring (bicyclic) bond motifs is 1. The van der Waals surface area contributed by atoms with Gasteiger partial charge in [0.15, 0.2) is 0 Å². The molecule has 2 heterocycles. The van der Waals surface area contributed by atoms with Crippen molar-refractivity contribution in [2.24, 2.45) is 11.8 Å². The zero-order chi connectivity index (χ0) is 15.5. The van der Waals surface area contributed by atoms with Crippen LogP contribution in [0.2, 0.25) is 0 Å². The number of aromatic amines is 1. The van der Waals surface area contributed by atoms with Crippen molar-refractivity contribution in [1.82, 2.24) is 10.3 Å². The van der Waals surface area contributed by atoms with Gasteiger partial charge in [0.05, 0.1) is 0 Å². The predicted octanol–water partition coefficient (Wildman–Crippen LogP) is 3.86. The molecule has 2 aromatic rings. The third kappa shape index (κ3) is 4.49. The lowest BCUT2D eigenvalue weighted by Crippen LogP contribution is -2.34. The summed E-state index contributed by atoms with van der Waals surface area (Å²) in [5, 5.41) is 7.60. The molecule has 0 saturated carbocycles. The third-order valence-corrected chi connectivity index (χ3v) is 4.69. The van der Waals surface area contributed by atoms with E-state index in [2.05, 4.69) is 28.6 Å². The summed E-state index contributed by atoms with van der Waals surface area (Å²) in [6, 6.07) is 8.11. The van der Waals surface area contributed by atoms with Crippen LogP contribution in [-0.2, 0) is 4.79 Å². The summed E-state index contributed by atoms with van der Waals surface area (Å²) in [7, 11) is 0. The average molecular weight is 336 g/mol. The van der Waals surface area contributed by atoms with Crippen molar-refractivity contribution in [2.75, 3.05) is 18.4 Å². The van der Waals surface area contributed by atoms with Crippen LogP contribution in [0.4, 0.5) is 5.69 Å². The molecule has 3 rings (SSSR count). The molecule has 3 N–H and O–H groups in total. The lowest BCUT2D eigenvalue weighted by molar-refractivity contribution is -0.117. The van der Waals surface area contributed by atoms with Crippen molar-refractivity contribution in [3.63, 3.8) is 0 Å². The van der Waals surface area contributed by atoms with Gasteiger partial charge in [-0.15, -0.1) is 12.4 Å². The first kappa shape index (κ1) is 17.8. The van der Waals surface area contributed by atoms with Crippen LogP contribution in [0.5, 0.6) is 0 Å². The number of halogens is 1. The van der Waals surface area contributed by atoms with Gasteiger partial charge < -0.3 is 15.6 Å². The van der Waals surface area contributed by atoms with Crippen molar-refractivity contribution in [2.45, 2.75) is 33.1 Å². The minimum absolute atomic E-state index is 0. The number of aryl methyl sites for hydroxylation is 1. The molecule has 1 fully saturated rings. The van der Waals surface area contributed by atoms with Crippen LogP contribution < -0.4 is 10.6 Å². The number of piperidine rings is 1. The normalized spacial score (nSPS) is 19.1. The quantitative estimate of drug-likeness (QED) is 0.794. The van der Waals surface area contributed by atoms with E-state index in [1.807, 2.05) is 25.1 Å². The Bertz CT molecular complexity index is 661. The van der Waals surface area contributed by atoms with E-state index in [1.54, 1.807) is 0 Å². The van der Waals surface area contributed by atoms with Crippen LogP contribution in [0.25, 0.3) is 10.9 Å². The molecule has 2 atom stereocenters. The molecular weight excluding hydrogens is 310 g/mol. The average Bonchev–Trinajstić information content (AvgIpc) is 2.87. The molecule has 126 valence electrons. The van der Waals surface area contributed by atoms with Gasteiger partial charge in [-0.3, -0.25) is 4.79 Å². The van der Waals surface area contributed by atoms with Crippen LogP contribution in [0, 0.1) is 18.8 Å². The fourth-order valence-electron chi connectivity index (χ4n) is 3.39. The lowest BCUT2D eigenvalue weighted by atomic mass is 9.85. The number of nitrogens with one attached hydrogen (secondary N) is 3. The molecule has 5 heteroatoms. The summed E-state index contributed by atoms with van der Waals surface area (Å²) < 4.78 is 0. The van der Waals surface area contributed by atoms with Crippen LogP contribution in [-0.4, -0.2) is 24.0 Å². The van der Waals surface area contributed by atoms with Crippen molar-refractivity contribution < 1.29 is 4.79 Å². The van der Waals surface area contributed by atoms with Gasteiger partial charge in [-0.25, -0.2) is 0 Å². The molecule has 0 bridgehead atoms. The first-order chi connectivity index (χ1) is 10.6. The van der Waals surface area contributed by atoms with Gasteiger partial charge in [0.25, 0.3) is 0 Å². The highest BCUT2D eigenvalue weighted by atomic mass is 35.5. The van der Waals surface area contributed by atoms with E-state index in [-0.39, 0.29) is 18.3 Å². The molecule has 1 amide bonds. The SMILES string of the molecule is Cc1cc2cc(NC(=O)CC(C)C3CCCNC3)ccc2[nH]1.Cl. The van der Waals surface area contributed by atoms with Gasteiger partial charge in [0, 0.05) is 28.7 Å². The molecule has 1 aliphatic rings. The Kier molecular flexibility index (Phi) is 6.08. The van der Waals surface area contributed by atoms with Crippen LogP contribution in [0.15, 0.2) is 24.3 Å². The second-order valence-electron chi connectivity index (χ2n) is 6.59. The zero-order valence-electron chi connectivity index (χ0n) is 13.8. The summed E-state index contributed by atoms with van der Waals surface area (Å²) >= 11 is 0. The Morgan fingerprint density at radius 1 is 1.39 bits per heavy atom. The predicted molar refractivity (Wildman–Crippen MR) is 98.3 cm³/mol. The van der Waals surface area contributed by atoms with E-state index in [0.29, 0.717) is 18.3 Å². The summed E-state index contributed by atoms with van der Waals surface area (Å²) in [6.45, 7) is 6.39. The largest absolute Gasteiger partial charge is 0.359 e. The number of carbonyl (C=O) groups excluding carboxylic acids is 1. The molecule has 23 heavy (non-hydrogen) atoms. The highest BCUT2D eigenvalue weighted by molar-refractivity contribution is 5.94. The maximum absolute atomic E-state index is 12.3. The minimum Gasteiger partial charge on any atom is -0.359 e. The third-order valence-electron chi connectivity index (χ3n) is 4.69. The molecule has 1 aromatic heterocycles. The van der Waals surface area contributed by atoms with E-state index in [4.69, 9.17) is 0 Å². The first-order valence-electron chi connectivity index (χ1n) is 8.22. The molecular formula is C18H26ClN3O. The monoisotopic (exact) mass is 335 g/mol. The second-order valence-corrected chi connectivity index (χ2v) is 6.59.